The van der Waals surface area contributed by atoms with Crippen LogP contribution in [0.15, 0.2) is 24.3 Å². The van der Waals surface area contributed by atoms with Gasteiger partial charge in [0.15, 0.2) is 5.78 Å². The molecule has 2 saturated carbocycles. The zero-order chi connectivity index (χ0) is 13.9. The Bertz CT molecular complexity index is 502. The van der Waals surface area contributed by atoms with Crippen molar-refractivity contribution in [2.75, 3.05) is 0 Å². The first-order chi connectivity index (χ1) is 8.83. The van der Waals surface area contributed by atoms with Gasteiger partial charge in [0.2, 0.25) is 0 Å². The second-order valence-corrected chi connectivity index (χ2v) is 6.18. The zero-order valence-corrected chi connectivity index (χ0v) is 11.0. The van der Waals surface area contributed by atoms with Gasteiger partial charge in [0.1, 0.15) is 6.10 Å². The molecule has 0 bridgehead atoms. The summed E-state index contributed by atoms with van der Waals surface area (Å²) in [7, 11) is 0. The maximum atomic E-state index is 11.9. The summed E-state index contributed by atoms with van der Waals surface area (Å²) in [6.45, 7) is 9.42. The fourth-order valence-corrected chi connectivity index (χ4v) is 3.85. The number of hydrogen-bond acceptors (Lipinski definition) is 4. The van der Waals surface area contributed by atoms with Crippen LogP contribution in [0.5, 0.6) is 0 Å². The maximum absolute atomic E-state index is 11.9. The van der Waals surface area contributed by atoms with Gasteiger partial charge in [-0.1, -0.05) is 13.2 Å². The molecule has 0 unspecified atom stereocenters. The monoisotopic (exact) mass is 262 g/mol. The molecule has 3 rings (SSSR count). The topological polar surface area (TPSA) is 63.6 Å². The molecule has 3 fully saturated rings. The highest BCUT2D eigenvalue weighted by Crippen LogP contribution is 2.52. The summed E-state index contributed by atoms with van der Waals surface area (Å²) < 4.78 is 5.42. The van der Waals surface area contributed by atoms with E-state index in [-0.39, 0.29) is 35.6 Å². The summed E-state index contributed by atoms with van der Waals surface area (Å²) in [4.78, 5) is 23.6. The van der Waals surface area contributed by atoms with E-state index in [9.17, 15) is 14.7 Å². The molecule has 1 saturated heterocycles. The Morgan fingerprint density at radius 1 is 1.32 bits per heavy atom. The van der Waals surface area contributed by atoms with E-state index in [0.717, 1.165) is 0 Å². The van der Waals surface area contributed by atoms with E-state index in [4.69, 9.17) is 4.74 Å². The fourth-order valence-electron chi connectivity index (χ4n) is 3.85. The first kappa shape index (κ1) is 12.6. The maximum Gasteiger partial charge on any atom is 0.334 e. The molecule has 1 heterocycles. The lowest BCUT2D eigenvalue weighted by atomic mass is 9.78. The number of aliphatic hydroxyl groups is 1. The molecule has 1 N–H and O–H groups in total. The van der Waals surface area contributed by atoms with Crippen molar-refractivity contribution in [2.24, 2.45) is 17.8 Å². The van der Waals surface area contributed by atoms with Gasteiger partial charge in [0, 0.05) is 29.7 Å². The summed E-state index contributed by atoms with van der Waals surface area (Å²) in [5, 5.41) is 10.6. The van der Waals surface area contributed by atoms with E-state index in [0.29, 0.717) is 30.4 Å². The molecule has 102 valence electrons. The molecule has 4 nitrogen and oxygen atoms in total. The minimum Gasteiger partial charge on any atom is -0.458 e. The van der Waals surface area contributed by atoms with E-state index < -0.39 is 5.60 Å². The smallest absolute Gasteiger partial charge is 0.334 e. The number of hydrogen-bond donors (Lipinski definition) is 1. The number of esters is 1. The first-order valence-corrected chi connectivity index (χ1v) is 6.67. The van der Waals surface area contributed by atoms with Crippen molar-refractivity contribution >= 4 is 11.8 Å². The van der Waals surface area contributed by atoms with Gasteiger partial charge in [-0.25, -0.2) is 4.79 Å². The lowest BCUT2D eigenvalue weighted by Crippen LogP contribution is -2.39. The van der Waals surface area contributed by atoms with Crippen LogP contribution >= 0.6 is 0 Å². The second kappa shape index (κ2) is 3.79. The van der Waals surface area contributed by atoms with Crippen LogP contribution in [0.2, 0.25) is 0 Å². The standard InChI is InChI=1S/C15H18O4/c1-7-9-4-5-15(3,18)10-6-11(16)8(2)12(10)13(9)19-14(7)17/h9-10,12-13,18H,1-2,4-6H2,3H3/t9-,10-,12-,13-,15+/m0/s1. The Balaban J connectivity index is 2.05. The molecule has 0 spiro atoms. The molecule has 19 heavy (non-hydrogen) atoms. The highest BCUT2D eigenvalue weighted by atomic mass is 16.6. The molecule has 0 aromatic heterocycles. The van der Waals surface area contributed by atoms with E-state index in [2.05, 4.69) is 13.2 Å². The second-order valence-electron chi connectivity index (χ2n) is 6.18. The largest absolute Gasteiger partial charge is 0.458 e. The normalized spacial score (nSPS) is 45.8. The van der Waals surface area contributed by atoms with Crippen LogP contribution in [-0.4, -0.2) is 28.6 Å². The molecule has 2 aliphatic carbocycles. The average Bonchev–Trinajstić information content (AvgIpc) is 2.74. The van der Waals surface area contributed by atoms with E-state index in [1.807, 2.05) is 0 Å². The van der Waals surface area contributed by atoms with E-state index in [1.54, 1.807) is 6.92 Å². The number of ketones is 1. The Hall–Kier alpha value is -1.42. The van der Waals surface area contributed by atoms with E-state index in [1.165, 1.54) is 0 Å². The molecule has 5 atom stereocenters. The number of Topliss-reactive ketones (excluding diaryl/α,β-unsaturated/α-hetero) is 1. The van der Waals surface area contributed by atoms with Crippen molar-refractivity contribution in [3.8, 4) is 0 Å². The molecule has 4 heteroatoms. The van der Waals surface area contributed by atoms with Crippen LogP contribution in [0.4, 0.5) is 0 Å². The van der Waals surface area contributed by atoms with E-state index >= 15 is 0 Å². The number of carbonyl (C=O) groups excluding carboxylic acids is 2. The number of carbonyl (C=O) groups is 2. The Kier molecular flexibility index (Phi) is 2.52. The van der Waals surface area contributed by atoms with Gasteiger partial charge in [0.05, 0.1) is 5.60 Å². The quantitative estimate of drug-likeness (QED) is 0.529. The predicted octanol–water partition coefficient (Wildman–Crippen LogP) is 1.39. The Morgan fingerprint density at radius 3 is 2.68 bits per heavy atom. The number of ether oxygens (including phenoxy) is 1. The summed E-state index contributed by atoms with van der Waals surface area (Å²) in [6, 6.07) is 0. The fraction of sp³-hybridized carbons (Fsp3) is 0.600. The lowest BCUT2D eigenvalue weighted by Gasteiger charge is -2.32. The van der Waals surface area contributed by atoms with Crippen LogP contribution in [0, 0.1) is 17.8 Å². The van der Waals surface area contributed by atoms with Crippen LogP contribution < -0.4 is 0 Å². The van der Waals surface area contributed by atoms with Crippen molar-refractivity contribution in [2.45, 2.75) is 37.9 Å². The van der Waals surface area contributed by atoms with Crippen molar-refractivity contribution < 1.29 is 19.4 Å². The third-order valence-electron chi connectivity index (χ3n) is 5.06. The molecule has 0 amide bonds. The third kappa shape index (κ3) is 1.62. The third-order valence-corrected chi connectivity index (χ3v) is 5.06. The summed E-state index contributed by atoms with van der Waals surface area (Å²) in [5.41, 5.74) is 0.0369. The molecular weight excluding hydrogens is 244 g/mol. The molecule has 0 aromatic rings. The molecule has 1 aliphatic heterocycles. The Labute approximate surface area is 112 Å². The van der Waals surface area contributed by atoms with Gasteiger partial charge in [-0.05, 0) is 25.3 Å². The average molecular weight is 262 g/mol. The van der Waals surface area contributed by atoms with Gasteiger partial charge < -0.3 is 9.84 Å². The van der Waals surface area contributed by atoms with Gasteiger partial charge in [-0.15, -0.1) is 0 Å². The lowest BCUT2D eigenvalue weighted by molar-refractivity contribution is -0.142. The molecule has 0 aromatic carbocycles. The highest BCUT2D eigenvalue weighted by Gasteiger charge is 2.57. The van der Waals surface area contributed by atoms with Crippen LogP contribution in [0.3, 0.4) is 0 Å². The summed E-state index contributed by atoms with van der Waals surface area (Å²) in [6.07, 6.45) is 1.13. The first-order valence-electron chi connectivity index (χ1n) is 6.67. The van der Waals surface area contributed by atoms with Gasteiger partial charge >= 0.3 is 5.97 Å². The number of rotatable bonds is 0. The van der Waals surface area contributed by atoms with Crippen molar-refractivity contribution in [1.82, 2.24) is 0 Å². The minimum atomic E-state index is -0.920. The molecule has 0 radical (unpaired) electrons. The van der Waals surface area contributed by atoms with Gasteiger partial charge in [0.25, 0.3) is 0 Å². The van der Waals surface area contributed by atoms with Crippen molar-refractivity contribution in [3.63, 3.8) is 0 Å². The minimum absolute atomic E-state index is 0.0236. The van der Waals surface area contributed by atoms with Crippen LogP contribution in [0.1, 0.15) is 26.2 Å². The SMILES string of the molecule is C=C1C(=O)C[C@H]2[C@H]1[C@H]1OC(=O)C(=C)[C@@H]1CC[C@@]2(C)O. The molecular formula is C15H18O4. The van der Waals surface area contributed by atoms with Crippen LogP contribution in [0.25, 0.3) is 0 Å². The summed E-state index contributed by atoms with van der Waals surface area (Å²) >= 11 is 0. The van der Waals surface area contributed by atoms with Crippen LogP contribution in [-0.2, 0) is 14.3 Å². The van der Waals surface area contributed by atoms with Crippen molar-refractivity contribution in [3.05, 3.63) is 24.3 Å². The van der Waals surface area contributed by atoms with Crippen molar-refractivity contribution in [1.29, 1.82) is 0 Å². The predicted molar refractivity (Wildman–Crippen MR) is 68.1 cm³/mol. The zero-order valence-electron chi connectivity index (χ0n) is 11.0. The molecule has 3 aliphatic rings. The van der Waals surface area contributed by atoms with Gasteiger partial charge in [-0.3, -0.25) is 4.79 Å². The highest BCUT2D eigenvalue weighted by molar-refractivity contribution is 5.99. The Morgan fingerprint density at radius 2 is 2.00 bits per heavy atom. The van der Waals surface area contributed by atoms with Gasteiger partial charge in [-0.2, -0.15) is 0 Å². The summed E-state index contributed by atoms with van der Waals surface area (Å²) in [5.74, 6) is -0.969. The number of fused-ring (bicyclic) bond motifs is 3.